The van der Waals surface area contributed by atoms with Gasteiger partial charge in [-0.15, -0.1) is 0 Å². The Balaban J connectivity index is 1.60. The number of carbonyl (C=O) groups is 1. The molecule has 0 saturated carbocycles. The number of aromatic nitrogens is 3. The quantitative estimate of drug-likeness (QED) is 0.653. The first-order chi connectivity index (χ1) is 15.0. The molecule has 0 aromatic carbocycles. The molecule has 0 N–H and O–H groups in total. The highest BCUT2D eigenvalue weighted by Gasteiger charge is 2.30. The normalized spacial score (nSPS) is 18.2. The molecule has 0 spiro atoms. The van der Waals surface area contributed by atoms with E-state index in [-0.39, 0.29) is 24.7 Å². The third-order valence-electron chi connectivity index (χ3n) is 5.52. The predicted molar refractivity (Wildman–Crippen MR) is 115 cm³/mol. The van der Waals surface area contributed by atoms with Crippen molar-refractivity contribution in [3.05, 3.63) is 36.3 Å². The molecule has 4 rings (SSSR count). The number of nitrogens with zero attached hydrogens (tertiary/aromatic N) is 6. The standard InChI is InChI=1S/C20H26N6O4S/c1-2-31(28,29)26-8-6-24(7-9-26)19(27)17-15-22-20(25-10-12-30-13-11-25)23-18(17)16-4-3-5-21-14-16/h3-5,14-15H,2,6-13H2,1H3. The lowest BCUT2D eigenvalue weighted by atomic mass is 10.1. The smallest absolute Gasteiger partial charge is 0.257 e. The average Bonchev–Trinajstić information content (AvgIpc) is 2.84. The summed E-state index contributed by atoms with van der Waals surface area (Å²) in [5, 5.41) is 0. The lowest BCUT2D eigenvalue weighted by molar-refractivity contribution is 0.0698. The van der Waals surface area contributed by atoms with Crippen molar-refractivity contribution in [2.24, 2.45) is 0 Å². The summed E-state index contributed by atoms with van der Waals surface area (Å²) in [6, 6.07) is 3.66. The van der Waals surface area contributed by atoms with Crippen LogP contribution >= 0.6 is 0 Å². The molecule has 166 valence electrons. The summed E-state index contributed by atoms with van der Waals surface area (Å²) >= 11 is 0. The second kappa shape index (κ2) is 9.25. The van der Waals surface area contributed by atoms with E-state index in [1.54, 1.807) is 36.5 Å². The number of sulfonamides is 1. The third kappa shape index (κ3) is 4.68. The van der Waals surface area contributed by atoms with E-state index < -0.39 is 10.0 Å². The van der Waals surface area contributed by atoms with E-state index in [2.05, 4.69) is 9.97 Å². The molecule has 0 radical (unpaired) electrons. The Labute approximate surface area is 181 Å². The zero-order valence-corrected chi connectivity index (χ0v) is 18.3. The molecule has 2 fully saturated rings. The van der Waals surface area contributed by atoms with E-state index in [9.17, 15) is 13.2 Å². The summed E-state index contributed by atoms with van der Waals surface area (Å²) in [6.07, 6.45) is 4.91. The van der Waals surface area contributed by atoms with Crippen molar-refractivity contribution in [2.45, 2.75) is 6.92 Å². The first-order valence-electron chi connectivity index (χ1n) is 10.4. The second-order valence-electron chi connectivity index (χ2n) is 7.37. The molecule has 0 unspecified atom stereocenters. The van der Waals surface area contributed by atoms with E-state index in [1.165, 1.54) is 4.31 Å². The summed E-state index contributed by atoms with van der Waals surface area (Å²) in [6.45, 7) is 5.45. The summed E-state index contributed by atoms with van der Waals surface area (Å²) in [5.41, 5.74) is 1.64. The molecule has 0 bridgehead atoms. The number of pyridine rings is 1. The number of piperazine rings is 1. The van der Waals surface area contributed by atoms with Gasteiger partial charge in [-0.25, -0.2) is 18.4 Å². The summed E-state index contributed by atoms with van der Waals surface area (Å²) in [4.78, 5) is 30.4. The Hall–Kier alpha value is -2.63. The van der Waals surface area contributed by atoms with E-state index in [0.717, 1.165) is 5.56 Å². The van der Waals surface area contributed by atoms with Gasteiger partial charge in [0.05, 0.1) is 30.2 Å². The van der Waals surface area contributed by atoms with Crippen LogP contribution in [-0.4, -0.2) is 96.7 Å². The fraction of sp³-hybridized carbons (Fsp3) is 0.500. The van der Waals surface area contributed by atoms with Gasteiger partial charge in [0.1, 0.15) is 0 Å². The molecule has 0 aliphatic carbocycles. The maximum atomic E-state index is 13.3. The van der Waals surface area contributed by atoms with Gasteiger partial charge in [0.25, 0.3) is 5.91 Å². The van der Waals surface area contributed by atoms with Gasteiger partial charge >= 0.3 is 0 Å². The van der Waals surface area contributed by atoms with Crippen LogP contribution in [0.2, 0.25) is 0 Å². The van der Waals surface area contributed by atoms with Crippen molar-refractivity contribution < 1.29 is 17.9 Å². The van der Waals surface area contributed by atoms with Crippen LogP contribution in [0.3, 0.4) is 0 Å². The lowest BCUT2D eigenvalue weighted by Gasteiger charge is -2.34. The SMILES string of the molecule is CCS(=O)(=O)N1CCN(C(=O)c2cnc(N3CCOCC3)nc2-c2cccnc2)CC1. The van der Waals surface area contributed by atoms with Gasteiger partial charge in [0.15, 0.2) is 0 Å². The van der Waals surface area contributed by atoms with Crippen LogP contribution in [0.1, 0.15) is 17.3 Å². The summed E-state index contributed by atoms with van der Waals surface area (Å²) in [5.74, 6) is 0.404. The van der Waals surface area contributed by atoms with Gasteiger partial charge in [-0.05, 0) is 19.1 Å². The Morgan fingerprint density at radius 2 is 1.84 bits per heavy atom. The molecule has 1 amide bonds. The minimum atomic E-state index is -3.26. The molecule has 2 saturated heterocycles. The van der Waals surface area contributed by atoms with Crippen molar-refractivity contribution in [3.63, 3.8) is 0 Å². The highest BCUT2D eigenvalue weighted by atomic mass is 32.2. The molecule has 4 heterocycles. The van der Waals surface area contributed by atoms with E-state index in [0.29, 0.717) is 56.6 Å². The molecular formula is C20H26N6O4S. The van der Waals surface area contributed by atoms with Crippen LogP contribution < -0.4 is 4.90 Å². The number of hydrogen-bond acceptors (Lipinski definition) is 8. The Kier molecular flexibility index (Phi) is 6.44. The van der Waals surface area contributed by atoms with E-state index >= 15 is 0 Å². The molecule has 11 heteroatoms. The van der Waals surface area contributed by atoms with E-state index in [4.69, 9.17) is 9.72 Å². The van der Waals surface area contributed by atoms with Crippen molar-refractivity contribution in [2.75, 3.05) is 63.1 Å². The monoisotopic (exact) mass is 446 g/mol. The van der Waals surface area contributed by atoms with Crippen LogP contribution in [0.4, 0.5) is 5.95 Å². The summed E-state index contributed by atoms with van der Waals surface area (Å²) in [7, 11) is -3.26. The van der Waals surface area contributed by atoms with Crippen molar-refractivity contribution in [1.82, 2.24) is 24.2 Å². The number of carbonyl (C=O) groups excluding carboxylic acids is 1. The van der Waals surface area contributed by atoms with Crippen LogP contribution in [0.5, 0.6) is 0 Å². The first-order valence-corrected chi connectivity index (χ1v) is 12.0. The molecular weight excluding hydrogens is 420 g/mol. The molecule has 2 aromatic rings. The maximum Gasteiger partial charge on any atom is 0.257 e. The van der Waals surface area contributed by atoms with Gasteiger partial charge in [-0.2, -0.15) is 4.31 Å². The van der Waals surface area contributed by atoms with Gasteiger partial charge in [-0.3, -0.25) is 9.78 Å². The molecule has 2 aromatic heterocycles. The number of anilines is 1. The molecule has 0 atom stereocenters. The van der Waals surface area contributed by atoms with Gasteiger partial charge in [0, 0.05) is 63.4 Å². The highest BCUT2D eigenvalue weighted by Crippen LogP contribution is 2.25. The Bertz CT molecular complexity index is 1020. The Morgan fingerprint density at radius 1 is 1.10 bits per heavy atom. The molecule has 10 nitrogen and oxygen atoms in total. The fourth-order valence-corrected chi connectivity index (χ4v) is 4.77. The number of rotatable bonds is 5. The Morgan fingerprint density at radius 3 is 2.48 bits per heavy atom. The van der Waals surface area contributed by atoms with Crippen LogP contribution in [0.25, 0.3) is 11.3 Å². The largest absolute Gasteiger partial charge is 0.378 e. The predicted octanol–water partition coefficient (Wildman–Crippen LogP) is 0.483. The minimum absolute atomic E-state index is 0.0585. The van der Waals surface area contributed by atoms with Gasteiger partial charge in [-0.1, -0.05) is 0 Å². The molecule has 2 aliphatic heterocycles. The molecule has 31 heavy (non-hydrogen) atoms. The first kappa shape index (κ1) is 21.6. The van der Waals surface area contributed by atoms with Crippen molar-refractivity contribution in [1.29, 1.82) is 0 Å². The second-order valence-corrected chi connectivity index (χ2v) is 9.62. The van der Waals surface area contributed by atoms with Gasteiger partial charge in [0.2, 0.25) is 16.0 Å². The third-order valence-corrected chi connectivity index (χ3v) is 7.40. The minimum Gasteiger partial charge on any atom is -0.378 e. The van der Waals surface area contributed by atoms with Crippen LogP contribution in [0, 0.1) is 0 Å². The van der Waals surface area contributed by atoms with Crippen molar-refractivity contribution >= 4 is 21.9 Å². The van der Waals surface area contributed by atoms with E-state index in [1.807, 2.05) is 11.0 Å². The van der Waals surface area contributed by atoms with Gasteiger partial charge < -0.3 is 14.5 Å². The number of hydrogen-bond donors (Lipinski definition) is 0. The average molecular weight is 447 g/mol. The summed E-state index contributed by atoms with van der Waals surface area (Å²) < 4.78 is 31.1. The number of morpholine rings is 1. The zero-order valence-electron chi connectivity index (χ0n) is 17.5. The van der Waals surface area contributed by atoms with Crippen LogP contribution in [-0.2, 0) is 14.8 Å². The number of ether oxygens (including phenoxy) is 1. The highest BCUT2D eigenvalue weighted by molar-refractivity contribution is 7.89. The number of amides is 1. The maximum absolute atomic E-state index is 13.3. The molecule has 2 aliphatic rings. The fourth-order valence-electron chi connectivity index (χ4n) is 3.69. The van der Waals surface area contributed by atoms with Crippen molar-refractivity contribution in [3.8, 4) is 11.3 Å². The lowest BCUT2D eigenvalue weighted by Crippen LogP contribution is -2.51. The topological polar surface area (TPSA) is 109 Å². The van der Waals surface area contributed by atoms with Crippen LogP contribution in [0.15, 0.2) is 30.7 Å². The zero-order chi connectivity index (χ0) is 21.8.